The summed E-state index contributed by atoms with van der Waals surface area (Å²) in [6, 6.07) is 0. The van der Waals surface area contributed by atoms with E-state index in [1.54, 1.807) is 0 Å². The highest BCUT2D eigenvalue weighted by atomic mass is 28.3. The summed E-state index contributed by atoms with van der Waals surface area (Å²) in [6.07, 6.45) is 0.445. The molecule has 0 aliphatic heterocycles. The molecule has 3 nitrogen and oxygen atoms in total. The van der Waals surface area contributed by atoms with E-state index in [0.717, 1.165) is 0 Å². The van der Waals surface area contributed by atoms with Crippen LogP contribution in [0, 0.1) is 6.57 Å². The molecule has 0 amide bonds. The van der Waals surface area contributed by atoms with Crippen LogP contribution in [-0.4, -0.2) is 20.3 Å². The molecule has 0 aromatic rings. The number of rotatable bonds is 3. The second-order valence-electron chi connectivity index (χ2n) is 3.70. The van der Waals surface area contributed by atoms with Crippen molar-refractivity contribution in [3.63, 3.8) is 0 Å². The third-order valence-electron chi connectivity index (χ3n) is 1.01. The van der Waals surface area contributed by atoms with E-state index >= 15 is 0 Å². The molecule has 0 aromatic heterocycles. The SMILES string of the molecule is [C-]#[N+]C(=C)C(=O)OC[Si](C)(C)C. The van der Waals surface area contributed by atoms with Crippen molar-refractivity contribution in [3.8, 4) is 0 Å². The topological polar surface area (TPSA) is 30.7 Å². The summed E-state index contributed by atoms with van der Waals surface area (Å²) >= 11 is 0. The van der Waals surface area contributed by atoms with E-state index in [4.69, 9.17) is 11.3 Å². The van der Waals surface area contributed by atoms with E-state index < -0.39 is 14.0 Å². The van der Waals surface area contributed by atoms with Gasteiger partial charge in [0.05, 0.1) is 20.9 Å². The molecule has 0 atom stereocenters. The van der Waals surface area contributed by atoms with E-state index in [2.05, 4.69) is 31.1 Å². The zero-order valence-corrected chi connectivity index (χ0v) is 8.68. The highest BCUT2D eigenvalue weighted by Gasteiger charge is 2.17. The lowest BCUT2D eigenvalue weighted by molar-refractivity contribution is -0.136. The molecule has 0 fully saturated rings. The van der Waals surface area contributed by atoms with Crippen molar-refractivity contribution in [1.29, 1.82) is 0 Å². The van der Waals surface area contributed by atoms with Gasteiger partial charge in [0.2, 0.25) is 0 Å². The Morgan fingerprint density at radius 2 is 2.08 bits per heavy atom. The molecule has 0 rings (SSSR count). The highest BCUT2D eigenvalue weighted by Crippen LogP contribution is 2.03. The van der Waals surface area contributed by atoms with Gasteiger partial charge in [0.25, 0.3) is 5.70 Å². The molecule has 0 aliphatic rings. The molecule has 0 saturated heterocycles. The lowest BCUT2D eigenvalue weighted by Crippen LogP contribution is -2.29. The fraction of sp³-hybridized carbons (Fsp3) is 0.500. The van der Waals surface area contributed by atoms with E-state index in [9.17, 15) is 4.79 Å². The van der Waals surface area contributed by atoms with Crippen molar-refractivity contribution >= 4 is 14.0 Å². The van der Waals surface area contributed by atoms with Crippen LogP contribution >= 0.6 is 0 Å². The van der Waals surface area contributed by atoms with Gasteiger partial charge < -0.3 is 4.74 Å². The Bertz CT molecular complexity index is 234. The Labute approximate surface area is 73.9 Å². The van der Waals surface area contributed by atoms with Crippen molar-refractivity contribution in [1.82, 2.24) is 0 Å². The molecule has 0 spiro atoms. The van der Waals surface area contributed by atoms with Crippen LogP contribution in [0.2, 0.25) is 19.6 Å². The second kappa shape index (κ2) is 4.07. The molecule has 0 aromatic carbocycles. The lowest BCUT2D eigenvalue weighted by Gasteiger charge is -2.14. The Morgan fingerprint density at radius 1 is 1.58 bits per heavy atom. The first-order valence-corrected chi connectivity index (χ1v) is 7.31. The first-order valence-electron chi connectivity index (χ1n) is 3.60. The van der Waals surface area contributed by atoms with Crippen molar-refractivity contribution in [2.75, 3.05) is 6.23 Å². The summed E-state index contributed by atoms with van der Waals surface area (Å²) in [5.41, 5.74) is -0.145. The van der Waals surface area contributed by atoms with Crippen LogP contribution in [-0.2, 0) is 9.53 Å². The zero-order chi connectivity index (χ0) is 9.78. The minimum absolute atomic E-state index is 0.145. The minimum Gasteiger partial charge on any atom is -0.474 e. The van der Waals surface area contributed by atoms with Gasteiger partial charge in [0.1, 0.15) is 0 Å². The van der Waals surface area contributed by atoms with Crippen molar-refractivity contribution in [2.45, 2.75) is 19.6 Å². The maximum absolute atomic E-state index is 10.9. The summed E-state index contributed by atoms with van der Waals surface area (Å²) in [5, 5.41) is 0. The smallest absolute Gasteiger partial charge is 0.335 e. The monoisotopic (exact) mass is 183 g/mol. The Kier molecular flexibility index (Phi) is 3.70. The number of nitrogens with zero attached hydrogens (tertiary/aromatic N) is 1. The quantitative estimate of drug-likeness (QED) is 0.289. The van der Waals surface area contributed by atoms with E-state index in [-0.39, 0.29) is 5.70 Å². The maximum atomic E-state index is 10.9. The number of hydrogen-bond donors (Lipinski definition) is 0. The van der Waals surface area contributed by atoms with Gasteiger partial charge in [-0.25, -0.2) is 4.85 Å². The number of ether oxygens (including phenoxy) is 1. The molecule has 4 heteroatoms. The second-order valence-corrected chi connectivity index (χ2v) is 9.11. The number of carbonyl (C=O) groups excluding carboxylic acids is 1. The van der Waals surface area contributed by atoms with E-state index in [0.29, 0.717) is 6.23 Å². The summed E-state index contributed by atoms with van der Waals surface area (Å²) in [6.45, 7) is 16.0. The molecule has 66 valence electrons. The fourth-order valence-electron chi connectivity index (χ4n) is 0.411. The van der Waals surface area contributed by atoms with Crippen LogP contribution in [0.25, 0.3) is 4.85 Å². The first-order chi connectivity index (χ1) is 5.37. The summed E-state index contributed by atoms with van der Waals surface area (Å²) in [5.74, 6) is -0.590. The van der Waals surface area contributed by atoms with Crippen LogP contribution in [0.4, 0.5) is 0 Å². The molecule has 0 aliphatic carbocycles. The molecule has 12 heavy (non-hydrogen) atoms. The van der Waals surface area contributed by atoms with Crippen molar-refractivity contribution < 1.29 is 9.53 Å². The van der Waals surface area contributed by atoms with Gasteiger partial charge in [-0.05, 0) is 0 Å². The number of carbonyl (C=O) groups is 1. The maximum Gasteiger partial charge on any atom is 0.335 e. The molecule has 0 bridgehead atoms. The molecule has 0 saturated carbocycles. The summed E-state index contributed by atoms with van der Waals surface area (Å²) in [4.78, 5) is 13.8. The predicted octanol–water partition coefficient (Wildman–Crippen LogP) is 1.84. The third kappa shape index (κ3) is 4.69. The molecular formula is C8H13NO2Si. The number of esters is 1. The van der Waals surface area contributed by atoms with Gasteiger partial charge in [0.15, 0.2) is 0 Å². The fourth-order valence-corrected chi connectivity index (χ4v) is 0.975. The molecule has 0 N–H and O–H groups in total. The normalized spacial score (nSPS) is 10.2. The van der Waals surface area contributed by atoms with E-state index in [1.807, 2.05) is 0 Å². The Balaban J connectivity index is 3.91. The average Bonchev–Trinajstić information content (AvgIpc) is 1.97. The summed E-state index contributed by atoms with van der Waals surface area (Å²) < 4.78 is 4.87. The van der Waals surface area contributed by atoms with Crippen LogP contribution < -0.4 is 0 Å². The van der Waals surface area contributed by atoms with Crippen molar-refractivity contribution in [2.24, 2.45) is 0 Å². The van der Waals surface area contributed by atoms with Crippen molar-refractivity contribution in [3.05, 3.63) is 23.7 Å². The van der Waals surface area contributed by atoms with Gasteiger partial charge in [-0.15, -0.1) is 0 Å². The Hall–Kier alpha value is -1.08. The van der Waals surface area contributed by atoms with Crippen LogP contribution in [0.3, 0.4) is 0 Å². The average molecular weight is 183 g/mol. The van der Waals surface area contributed by atoms with Gasteiger partial charge in [-0.1, -0.05) is 26.2 Å². The van der Waals surface area contributed by atoms with Gasteiger partial charge in [-0.2, -0.15) is 0 Å². The van der Waals surface area contributed by atoms with Gasteiger partial charge in [0, 0.05) is 0 Å². The van der Waals surface area contributed by atoms with Gasteiger partial charge >= 0.3 is 5.97 Å². The zero-order valence-electron chi connectivity index (χ0n) is 7.68. The molecule has 0 unspecified atom stereocenters. The predicted molar refractivity (Wildman–Crippen MR) is 50.0 cm³/mol. The molecular weight excluding hydrogens is 170 g/mol. The lowest BCUT2D eigenvalue weighted by atomic mass is 10.5. The minimum atomic E-state index is -1.37. The van der Waals surface area contributed by atoms with Crippen LogP contribution in [0.15, 0.2) is 12.3 Å². The first kappa shape index (κ1) is 10.9. The third-order valence-corrected chi connectivity index (χ3v) is 2.02. The highest BCUT2D eigenvalue weighted by molar-refractivity contribution is 6.76. The molecule has 0 heterocycles. The standard InChI is InChI=1S/C8H13NO2Si/c1-7(9-2)8(10)11-6-12(3,4)5/h1,6H2,3-5H3. The molecule has 0 radical (unpaired) electrons. The largest absolute Gasteiger partial charge is 0.474 e. The summed E-state index contributed by atoms with van der Waals surface area (Å²) in [7, 11) is -1.37. The van der Waals surface area contributed by atoms with Crippen LogP contribution in [0.5, 0.6) is 0 Å². The van der Waals surface area contributed by atoms with Gasteiger partial charge in [-0.3, -0.25) is 4.79 Å². The van der Waals surface area contributed by atoms with Crippen LogP contribution in [0.1, 0.15) is 0 Å². The van der Waals surface area contributed by atoms with E-state index in [1.165, 1.54) is 0 Å². The number of hydrogen-bond acceptors (Lipinski definition) is 2. The Morgan fingerprint density at radius 3 is 2.42 bits per heavy atom.